The molecule has 0 saturated carbocycles. The van der Waals surface area contributed by atoms with Crippen LogP contribution >= 0.6 is 11.6 Å². The predicted octanol–water partition coefficient (Wildman–Crippen LogP) is 4.25. The molecule has 0 aliphatic carbocycles. The number of Topliss-reactive ketones (excluding diaryl/α,β-unsaturated/α-hetero) is 1. The lowest BCUT2D eigenvalue weighted by molar-refractivity contribution is -0.132. The van der Waals surface area contributed by atoms with Gasteiger partial charge in [0.2, 0.25) is 0 Å². The molecule has 34 heavy (non-hydrogen) atoms. The Morgan fingerprint density at radius 3 is 2.29 bits per heavy atom. The van der Waals surface area contributed by atoms with Crippen molar-refractivity contribution < 1.29 is 24.2 Å². The van der Waals surface area contributed by atoms with Crippen LogP contribution in [0.5, 0.6) is 11.5 Å². The van der Waals surface area contributed by atoms with Gasteiger partial charge >= 0.3 is 0 Å². The second-order valence-corrected chi connectivity index (χ2v) is 7.70. The number of amides is 1. The van der Waals surface area contributed by atoms with Crippen LogP contribution in [0.15, 0.2) is 66.5 Å². The molecule has 0 bridgehead atoms. The van der Waals surface area contributed by atoms with Crippen molar-refractivity contribution in [2.75, 3.05) is 19.1 Å². The van der Waals surface area contributed by atoms with Crippen LogP contribution in [0.3, 0.4) is 0 Å². The van der Waals surface area contributed by atoms with E-state index in [4.69, 9.17) is 26.3 Å². The van der Waals surface area contributed by atoms with Crippen molar-refractivity contribution in [3.05, 3.63) is 88.2 Å². The zero-order valence-corrected chi connectivity index (χ0v) is 18.9. The van der Waals surface area contributed by atoms with Crippen molar-refractivity contribution in [1.29, 1.82) is 5.26 Å². The van der Waals surface area contributed by atoms with E-state index in [-0.39, 0.29) is 21.9 Å². The summed E-state index contributed by atoms with van der Waals surface area (Å²) in [5.74, 6) is -1.63. The van der Waals surface area contributed by atoms with Crippen molar-refractivity contribution in [2.45, 2.75) is 6.04 Å². The van der Waals surface area contributed by atoms with Gasteiger partial charge in [0.25, 0.3) is 11.7 Å². The van der Waals surface area contributed by atoms with Gasteiger partial charge in [-0.05, 0) is 48.0 Å². The fourth-order valence-corrected chi connectivity index (χ4v) is 4.09. The van der Waals surface area contributed by atoms with Gasteiger partial charge in [0.15, 0.2) is 0 Å². The van der Waals surface area contributed by atoms with Gasteiger partial charge in [0.05, 0.1) is 48.1 Å². The van der Waals surface area contributed by atoms with Crippen molar-refractivity contribution in [1.82, 2.24) is 4.98 Å². The summed E-state index contributed by atoms with van der Waals surface area (Å²) in [7, 11) is 2.84. The minimum absolute atomic E-state index is 0.130. The number of carbonyl (C=O) groups excluding carboxylic acids is 2. The third kappa shape index (κ3) is 3.83. The van der Waals surface area contributed by atoms with Crippen LogP contribution in [0.2, 0.25) is 5.02 Å². The zero-order chi connectivity index (χ0) is 24.4. The first kappa shape index (κ1) is 22.8. The summed E-state index contributed by atoms with van der Waals surface area (Å²) >= 11 is 6.27. The highest BCUT2D eigenvalue weighted by Crippen LogP contribution is 2.44. The van der Waals surface area contributed by atoms with E-state index in [0.717, 1.165) is 0 Å². The second-order valence-electron chi connectivity index (χ2n) is 7.30. The number of anilines is 1. The molecule has 3 aromatic rings. The maximum atomic E-state index is 13.2. The topological polar surface area (TPSA) is 113 Å². The quantitative estimate of drug-likeness (QED) is 0.333. The molecule has 0 spiro atoms. The summed E-state index contributed by atoms with van der Waals surface area (Å²) in [6, 6.07) is 13.5. The smallest absolute Gasteiger partial charge is 0.300 e. The maximum absolute atomic E-state index is 13.2. The number of aliphatic hydroxyl groups is 1. The van der Waals surface area contributed by atoms with Gasteiger partial charge < -0.3 is 14.6 Å². The van der Waals surface area contributed by atoms with E-state index in [1.54, 1.807) is 36.4 Å². The van der Waals surface area contributed by atoms with Crippen LogP contribution in [0.1, 0.15) is 22.7 Å². The highest BCUT2D eigenvalue weighted by Gasteiger charge is 2.47. The number of benzene rings is 2. The summed E-state index contributed by atoms with van der Waals surface area (Å²) in [5, 5.41) is 20.6. The molecule has 1 aromatic heterocycles. The second kappa shape index (κ2) is 9.25. The largest absolute Gasteiger partial charge is 0.507 e. The normalized spacial score (nSPS) is 16.9. The van der Waals surface area contributed by atoms with Gasteiger partial charge in [0.1, 0.15) is 17.3 Å². The molecule has 1 aliphatic rings. The van der Waals surface area contributed by atoms with E-state index < -0.39 is 23.5 Å². The molecule has 9 heteroatoms. The fraction of sp³-hybridized carbons (Fsp3) is 0.120. The molecule has 1 N–H and O–H groups in total. The first-order chi connectivity index (χ1) is 16.4. The number of aliphatic hydroxyl groups excluding tert-OH is 1. The van der Waals surface area contributed by atoms with Gasteiger partial charge in [-0.25, -0.2) is 0 Å². The van der Waals surface area contributed by atoms with Gasteiger partial charge in [-0.1, -0.05) is 11.6 Å². The fourth-order valence-electron chi connectivity index (χ4n) is 3.85. The van der Waals surface area contributed by atoms with Crippen LogP contribution in [-0.4, -0.2) is 36.0 Å². The standard InChI is InChI=1S/C25H18ClN3O5/c1-33-19-12-20(34-2)18(26)11-17(19)23(30)21-22(15-7-9-28-10-8-15)29(25(32)24(21)31)16-5-3-14(13-27)4-6-16/h3-12,22,30H,1-2H3/b23-21+. The minimum Gasteiger partial charge on any atom is -0.507 e. The number of halogens is 1. The van der Waals surface area contributed by atoms with Crippen LogP contribution in [0.4, 0.5) is 5.69 Å². The number of nitriles is 1. The van der Waals surface area contributed by atoms with Crippen LogP contribution in [0.25, 0.3) is 5.76 Å². The Morgan fingerprint density at radius 1 is 1.06 bits per heavy atom. The summed E-state index contributed by atoms with van der Waals surface area (Å²) < 4.78 is 10.6. The SMILES string of the molecule is COc1cc(OC)c(/C(O)=C2\C(=O)C(=O)N(c3ccc(C#N)cc3)C2c2ccncc2)cc1Cl. The number of carbonyl (C=O) groups is 2. The first-order valence-corrected chi connectivity index (χ1v) is 10.4. The lowest BCUT2D eigenvalue weighted by Crippen LogP contribution is -2.29. The van der Waals surface area contributed by atoms with Gasteiger partial charge in [0, 0.05) is 24.1 Å². The highest BCUT2D eigenvalue weighted by molar-refractivity contribution is 6.51. The molecule has 2 aromatic carbocycles. The molecule has 1 amide bonds. The number of hydrogen-bond donors (Lipinski definition) is 1. The number of aromatic nitrogens is 1. The Kier molecular flexibility index (Phi) is 6.21. The Labute approximate surface area is 200 Å². The third-order valence-electron chi connectivity index (χ3n) is 5.47. The van der Waals surface area contributed by atoms with E-state index in [1.807, 2.05) is 6.07 Å². The molecule has 1 fully saturated rings. The molecule has 1 saturated heterocycles. The number of ketones is 1. The minimum atomic E-state index is -0.957. The highest BCUT2D eigenvalue weighted by atomic mass is 35.5. The van der Waals surface area contributed by atoms with Crippen LogP contribution in [-0.2, 0) is 9.59 Å². The Bertz CT molecular complexity index is 1350. The average Bonchev–Trinajstić information content (AvgIpc) is 3.14. The molecule has 2 heterocycles. The third-order valence-corrected chi connectivity index (χ3v) is 5.77. The molecule has 0 radical (unpaired) electrons. The van der Waals surface area contributed by atoms with Crippen LogP contribution in [0, 0.1) is 11.3 Å². The van der Waals surface area contributed by atoms with E-state index in [1.165, 1.54) is 43.6 Å². The van der Waals surface area contributed by atoms with Crippen molar-refractivity contribution in [3.8, 4) is 17.6 Å². The molecule has 1 atom stereocenters. The van der Waals surface area contributed by atoms with Crippen molar-refractivity contribution in [2.24, 2.45) is 0 Å². The number of pyridine rings is 1. The summed E-state index contributed by atoms with van der Waals surface area (Å²) in [4.78, 5) is 31.7. The molecular formula is C25H18ClN3O5. The lowest BCUT2D eigenvalue weighted by atomic mass is 9.95. The van der Waals surface area contributed by atoms with Crippen molar-refractivity contribution in [3.63, 3.8) is 0 Å². The molecule has 1 unspecified atom stereocenters. The average molecular weight is 476 g/mol. The Balaban J connectivity index is 1.96. The number of rotatable bonds is 5. The lowest BCUT2D eigenvalue weighted by Gasteiger charge is -2.25. The van der Waals surface area contributed by atoms with Gasteiger partial charge in [-0.3, -0.25) is 19.5 Å². The van der Waals surface area contributed by atoms with Crippen molar-refractivity contribution >= 4 is 34.7 Å². The first-order valence-electron chi connectivity index (χ1n) is 10.0. The number of methoxy groups -OCH3 is 2. The zero-order valence-electron chi connectivity index (χ0n) is 18.2. The number of nitrogens with zero attached hydrogens (tertiary/aromatic N) is 3. The van der Waals surface area contributed by atoms with E-state index >= 15 is 0 Å². The van der Waals surface area contributed by atoms with E-state index in [9.17, 15) is 14.7 Å². The van der Waals surface area contributed by atoms with Crippen LogP contribution < -0.4 is 14.4 Å². The molecular weight excluding hydrogens is 458 g/mol. The van der Waals surface area contributed by atoms with Gasteiger partial charge in [-0.2, -0.15) is 5.26 Å². The molecule has 170 valence electrons. The number of ether oxygens (including phenoxy) is 2. The monoisotopic (exact) mass is 475 g/mol. The molecule has 4 rings (SSSR count). The molecule has 1 aliphatic heterocycles. The van der Waals surface area contributed by atoms with E-state index in [2.05, 4.69) is 4.98 Å². The summed E-state index contributed by atoms with van der Waals surface area (Å²) in [5.41, 5.74) is 1.34. The van der Waals surface area contributed by atoms with E-state index in [0.29, 0.717) is 22.6 Å². The Hall–Kier alpha value is -4.35. The molecule has 8 nitrogen and oxygen atoms in total. The maximum Gasteiger partial charge on any atom is 0.300 e. The van der Waals surface area contributed by atoms with Gasteiger partial charge in [-0.15, -0.1) is 0 Å². The number of hydrogen-bond acceptors (Lipinski definition) is 7. The summed E-state index contributed by atoms with van der Waals surface area (Å²) in [6.07, 6.45) is 3.05. The Morgan fingerprint density at radius 2 is 1.71 bits per heavy atom. The predicted molar refractivity (Wildman–Crippen MR) is 125 cm³/mol. The summed E-state index contributed by atoms with van der Waals surface area (Å²) in [6.45, 7) is 0.